The molecule has 4 nitrogen and oxygen atoms in total. The Hall–Kier alpha value is -1.81. The number of nitrogens with two attached hydrogens (primary N) is 1. The molecule has 1 aromatic heterocycles. The van der Waals surface area contributed by atoms with Crippen LogP contribution in [0.15, 0.2) is 24.3 Å². The number of benzene rings is 1. The SMILES string of the molecule is CCc1cc(C(N)c2ccc(OC)cc2C)n(C)n1. The van der Waals surface area contributed by atoms with Gasteiger partial charge in [-0.3, -0.25) is 4.68 Å². The minimum Gasteiger partial charge on any atom is -0.497 e. The van der Waals surface area contributed by atoms with Gasteiger partial charge >= 0.3 is 0 Å². The van der Waals surface area contributed by atoms with Gasteiger partial charge in [0.15, 0.2) is 0 Å². The van der Waals surface area contributed by atoms with E-state index in [0.29, 0.717) is 0 Å². The minimum atomic E-state index is -0.163. The molecule has 0 saturated carbocycles. The Morgan fingerprint density at radius 1 is 1.37 bits per heavy atom. The minimum absolute atomic E-state index is 0.163. The first kappa shape index (κ1) is 13.6. The Morgan fingerprint density at radius 3 is 2.63 bits per heavy atom. The van der Waals surface area contributed by atoms with Gasteiger partial charge in [0, 0.05) is 7.05 Å². The molecule has 1 aromatic carbocycles. The van der Waals surface area contributed by atoms with Crippen molar-refractivity contribution in [1.29, 1.82) is 0 Å². The van der Waals surface area contributed by atoms with Crippen LogP contribution in [0.4, 0.5) is 0 Å². The van der Waals surface area contributed by atoms with Crippen molar-refractivity contribution < 1.29 is 4.74 Å². The predicted molar refractivity (Wildman–Crippen MR) is 76.3 cm³/mol. The predicted octanol–water partition coefficient (Wildman–Crippen LogP) is 2.35. The highest BCUT2D eigenvalue weighted by Crippen LogP contribution is 2.26. The van der Waals surface area contributed by atoms with Gasteiger partial charge < -0.3 is 10.5 Å². The van der Waals surface area contributed by atoms with E-state index in [-0.39, 0.29) is 6.04 Å². The van der Waals surface area contributed by atoms with Gasteiger partial charge in [-0.25, -0.2) is 0 Å². The summed E-state index contributed by atoms with van der Waals surface area (Å²) in [5.41, 5.74) is 10.7. The van der Waals surface area contributed by atoms with Crippen LogP contribution in [-0.4, -0.2) is 16.9 Å². The molecule has 2 aromatic rings. The van der Waals surface area contributed by atoms with Crippen molar-refractivity contribution in [3.63, 3.8) is 0 Å². The molecule has 0 fully saturated rings. The zero-order chi connectivity index (χ0) is 14.0. The molecule has 2 rings (SSSR count). The quantitative estimate of drug-likeness (QED) is 0.917. The van der Waals surface area contributed by atoms with E-state index in [2.05, 4.69) is 25.0 Å². The summed E-state index contributed by atoms with van der Waals surface area (Å²) >= 11 is 0. The Kier molecular flexibility index (Phi) is 3.90. The van der Waals surface area contributed by atoms with Crippen LogP contribution in [0, 0.1) is 6.92 Å². The second-order valence-electron chi connectivity index (χ2n) is 4.74. The van der Waals surface area contributed by atoms with Crippen LogP contribution < -0.4 is 10.5 Å². The molecule has 0 amide bonds. The Labute approximate surface area is 114 Å². The fraction of sp³-hybridized carbons (Fsp3) is 0.400. The van der Waals surface area contributed by atoms with Crippen LogP contribution >= 0.6 is 0 Å². The van der Waals surface area contributed by atoms with E-state index < -0.39 is 0 Å². The molecule has 1 heterocycles. The van der Waals surface area contributed by atoms with Gasteiger partial charge in [-0.1, -0.05) is 13.0 Å². The summed E-state index contributed by atoms with van der Waals surface area (Å²) in [6.45, 7) is 4.14. The first-order valence-corrected chi connectivity index (χ1v) is 6.49. The average Bonchev–Trinajstić information content (AvgIpc) is 2.79. The van der Waals surface area contributed by atoms with E-state index in [1.807, 2.05) is 29.9 Å². The molecule has 0 spiro atoms. The summed E-state index contributed by atoms with van der Waals surface area (Å²) in [7, 11) is 3.61. The Balaban J connectivity index is 2.37. The van der Waals surface area contributed by atoms with E-state index in [9.17, 15) is 0 Å². The number of aryl methyl sites for hydroxylation is 3. The monoisotopic (exact) mass is 259 g/mol. The molecule has 102 valence electrons. The maximum atomic E-state index is 6.38. The molecule has 1 unspecified atom stereocenters. The molecule has 1 atom stereocenters. The third-order valence-corrected chi connectivity index (χ3v) is 3.46. The normalized spacial score (nSPS) is 12.5. The molecular weight excluding hydrogens is 238 g/mol. The van der Waals surface area contributed by atoms with Crippen molar-refractivity contribution in [1.82, 2.24) is 9.78 Å². The van der Waals surface area contributed by atoms with E-state index in [4.69, 9.17) is 10.5 Å². The number of rotatable bonds is 4. The van der Waals surface area contributed by atoms with Crippen molar-refractivity contribution in [3.05, 3.63) is 46.8 Å². The molecular formula is C15H21N3O. The lowest BCUT2D eigenvalue weighted by atomic mass is 9.99. The Morgan fingerprint density at radius 2 is 2.11 bits per heavy atom. The van der Waals surface area contributed by atoms with Crippen LogP contribution in [0.25, 0.3) is 0 Å². The van der Waals surface area contributed by atoms with Crippen LogP contribution in [0.5, 0.6) is 5.75 Å². The van der Waals surface area contributed by atoms with Crippen molar-refractivity contribution in [3.8, 4) is 5.75 Å². The number of aromatic nitrogens is 2. The van der Waals surface area contributed by atoms with Crippen molar-refractivity contribution in [2.24, 2.45) is 12.8 Å². The van der Waals surface area contributed by atoms with Gasteiger partial charge in [0.2, 0.25) is 0 Å². The fourth-order valence-electron chi connectivity index (χ4n) is 2.29. The molecule has 4 heteroatoms. The van der Waals surface area contributed by atoms with E-state index in [1.54, 1.807) is 7.11 Å². The topological polar surface area (TPSA) is 53.1 Å². The van der Waals surface area contributed by atoms with E-state index >= 15 is 0 Å². The lowest BCUT2D eigenvalue weighted by Gasteiger charge is -2.15. The highest BCUT2D eigenvalue weighted by atomic mass is 16.5. The third kappa shape index (κ3) is 2.63. The lowest BCUT2D eigenvalue weighted by Crippen LogP contribution is -2.17. The molecule has 2 N–H and O–H groups in total. The molecule has 0 aliphatic carbocycles. The summed E-state index contributed by atoms with van der Waals surface area (Å²) in [6.07, 6.45) is 0.919. The molecule has 0 saturated heterocycles. The zero-order valence-electron chi connectivity index (χ0n) is 12.0. The summed E-state index contributed by atoms with van der Waals surface area (Å²) < 4.78 is 7.09. The van der Waals surface area contributed by atoms with E-state index in [1.165, 1.54) is 0 Å². The van der Waals surface area contributed by atoms with Gasteiger partial charge in [-0.2, -0.15) is 5.10 Å². The molecule has 19 heavy (non-hydrogen) atoms. The molecule has 0 bridgehead atoms. The number of ether oxygens (including phenoxy) is 1. The van der Waals surface area contributed by atoms with Gasteiger partial charge in [0.1, 0.15) is 5.75 Å². The first-order valence-electron chi connectivity index (χ1n) is 6.49. The molecule has 0 aliphatic heterocycles. The summed E-state index contributed by atoms with van der Waals surface area (Å²) in [5.74, 6) is 0.854. The summed E-state index contributed by atoms with van der Waals surface area (Å²) in [4.78, 5) is 0. The number of hydrogen-bond donors (Lipinski definition) is 1. The third-order valence-electron chi connectivity index (χ3n) is 3.46. The average molecular weight is 259 g/mol. The maximum absolute atomic E-state index is 6.38. The number of hydrogen-bond acceptors (Lipinski definition) is 3. The van der Waals surface area contributed by atoms with Crippen LogP contribution in [0.1, 0.15) is 35.5 Å². The summed E-state index contributed by atoms with van der Waals surface area (Å²) in [6, 6.07) is 7.89. The van der Waals surface area contributed by atoms with Gasteiger partial charge in [-0.05, 0) is 42.7 Å². The Bertz CT molecular complexity index is 575. The van der Waals surface area contributed by atoms with Crippen LogP contribution in [0.2, 0.25) is 0 Å². The van der Waals surface area contributed by atoms with E-state index in [0.717, 1.165) is 34.7 Å². The maximum Gasteiger partial charge on any atom is 0.119 e. The van der Waals surface area contributed by atoms with Gasteiger partial charge in [0.05, 0.1) is 24.5 Å². The van der Waals surface area contributed by atoms with Gasteiger partial charge in [0.25, 0.3) is 0 Å². The van der Waals surface area contributed by atoms with Gasteiger partial charge in [-0.15, -0.1) is 0 Å². The second-order valence-corrected chi connectivity index (χ2v) is 4.74. The largest absolute Gasteiger partial charge is 0.497 e. The van der Waals surface area contributed by atoms with Crippen molar-refractivity contribution in [2.45, 2.75) is 26.3 Å². The molecule has 0 aliphatic rings. The highest BCUT2D eigenvalue weighted by Gasteiger charge is 2.16. The van der Waals surface area contributed by atoms with Crippen molar-refractivity contribution in [2.75, 3.05) is 7.11 Å². The van der Waals surface area contributed by atoms with Crippen LogP contribution in [-0.2, 0) is 13.5 Å². The smallest absolute Gasteiger partial charge is 0.119 e. The second kappa shape index (κ2) is 5.45. The van der Waals surface area contributed by atoms with Crippen LogP contribution in [0.3, 0.4) is 0 Å². The first-order chi connectivity index (χ1) is 9.06. The lowest BCUT2D eigenvalue weighted by molar-refractivity contribution is 0.414. The van der Waals surface area contributed by atoms with Crippen molar-refractivity contribution >= 4 is 0 Å². The highest BCUT2D eigenvalue weighted by molar-refractivity contribution is 5.39. The standard InChI is InChI=1S/C15H21N3O/c1-5-11-9-14(18(3)17-11)15(16)13-7-6-12(19-4)8-10(13)2/h6-9,15H,5,16H2,1-4H3. The number of methoxy groups -OCH3 is 1. The molecule has 0 radical (unpaired) electrons. The number of nitrogens with zero attached hydrogens (tertiary/aromatic N) is 2. The summed E-state index contributed by atoms with van der Waals surface area (Å²) in [5, 5.41) is 4.45. The zero-order valence-corrected chi connectivity index (χ0v) is 12.0. The fourth-order valence-corrected chi connectivity index (χ4v) is 2.29.